The lowest BCUT2D eigenvalue weighted by atomic mass is 10.2. The molecule has 1 saturated heterocycles. The van der Waals surface area contributed by atoms with Gasteiger partial charge in [0.2, 0.25) is 0 Å². The average molecular weight is 312 g/mol. The molecule has 0 spiro atoms. The van der Waals surface area contributed by atoms with Crippen LogP contribution in [-0.2, 0) is 6.54 Å². The molecule has 18 heavy (non-hydrogen) atoms. The Bertz CT molecular complexity index is 373. The van der Waals surface area contributed by atoms with Crippen LogP contribution >= 0.6 is 15.9 Å². The molecule has 1 aliphatic rings. The minimum Gasteiger partial charge on any atom is -0.356 e. The Hall–Kier alpha value is -0.610. The number of pyridine rings is 1. The van der Waals surface area contributed by atoms with Crippen molar-refractivity contribution in [1.29, 1.82) is 0 Å². The second-order valence-electron chi connectivity index (χ2n) is 4.82. The van der Waals surface area contributed by atoms with Crippen LogP contribution in [0.15, 0.2) is 16.7 Å². The molecule has 1 fully saturated rings. The molecule has 1 aliphatic heterocycles. The molecule has 0 unspecified atom stereocenters. The molecule has 1 aromatic rings. The van der Waals surface area contributed by atoms with Gasteiger partial charge >= 0.3 is 0 Å². The van der Waals surface area contributed by atoms with Gasteiger partial charge in [-0.3, -0.25) is 0 Å². The van der Waals surface area contributed by atoms with Crippen molar-refractivity contribution >= 4 is 21.7 Å². The molecule has 0 saturated carbocycles. The number of rotatable bonds is 4. The molecule has 1 aromatic heterocycles. The van der Waals surface area contributed by atoms with Crippen molar-refractivity contribution in [3.8, 4) is 0 Å². The predicted molar refractivity (Wildman–Crippen MR) is 80.0 cm³/mol. The SMILES string of the molecule is CCNCc1cc(Br)cnc1N1CCCCCC1. The fraction of sp³-hybridized carbons (Fsp3) is 0.643. The molecule has 3 nitrogen and oxygen atoms in total. The topological polar surface area (TPSA) is 28.2 Å². The third-order valence-corrected chi connectivity index (χ3v) is 3.81. The third kappa shape index (κ3) is 3.69. The lowest BCUT2D eigenvalue weighted by Crippen LogP contribution is -2.27. The first-order chi connectivity index (χ1) is 8.81. The van der Waals surface area contributed by atoms with Crippen molar-refractivity contribution in [3.63, 3.8) is 0 Å². The van der Waals surface area contributed by atoms with Crippen LogP contribution in [0.3, 0.4) is 0 Å². The second kappa shape index (κ2) is 7.10. The van der Waals surface area contributed by atoms with Crippen LogP contribution in [0.5, 0.6) is 0 Å². The third-order valence-electron chi connectivity index (χ3n) is 3.38. The highest BCUT2D eigenvalue weighted by molar-refractivity contribution is 9.10. The first kappa shape index (κ1) is 13.8. The standard InChI is InChI=1S/C14H22BrN3/c1-2-16-10-12-9-13(15)11-17-14(12)18-7-5-3-4-6-8-18/h9,11,16H,2-8,10H2,1H3. The smallest absolute Gasteiger partial charge is 0.133 e. The zero-order valence-electron chi connectivity index (χ0n) is 11.1. The largest absolute Gasteiger partial charge is 0.356 e. The van der Waals surface area contributed by atoms with Crippen molar-refractivity contribution in [1.82, 2.24) is 10.3 Å². The van der Waals surface area contributed by atoms with E-state index in [2.05, 4.69) is 44.1 Å². The fourth-order valence-electron chi connectivity index (χ4n) is 2.43. The molecular weight excluding hydrogens is 290 g/mol. The van der Waals surface area contributed by atoms with Crippen LogP contribution in [0, 0.1) is 0 Å². The lowest BCUT2D eigenvalue weighted by Gasteiger charge is -2.24. The van der Waals surface area contributed by atoms with E-state index in [9.17, 15) is 0 Å². The maximum atomic E-state index is 4.64. The van der Waals surface area contributed by atoms with Crippen LogP contribution < -0.4 is 10.2 Å². The van der Waals surface area contributed by atoms with Gasteiger partial charge in [0.15, 0.2) is 0 Å². The molecular formula is C14H22BrN3. The molecule has 0 radical (unpaired) electrons. The van der Waals surface area contributed by atoms with Crippen molar-refractivity contribution in [3.05, 3.63) is 22.3 Å². The van der Waals surface area contributed by atoms with Gasteiger partial charge < -0.3 is 10.2 Å². The highest BCUT2D eigenvalue weighted by Crippen LogP contribution is 2.24. The zero-order chi connectivity index (χ0) is 12.8. The van der Waals surface area contributed by atoms with Gasteiger partial charge in [-0.1, -0.05) is 19.8 Å². The van der Waals surface area contributed by atoms with Gasteiger partial charge in [0.25, 0.3) is 0 Å². The van der Waals surface area contributed by atoms with Crippen LogP contribution in [0.1, 0.15) is 38.2 Å². The van der Waals surface area contributed by atoms with Gasteiger partial charge in [-0.25, -0.2) is 4.98 Å². The average Bonchev–Trinajstić information content (AvgIpc) is 2.65. The summed E-state index contributed by atoms with van der Waals surface area (Å²) in [5.41, 5.74) is 1.30. The number of aromatic nitrogens is 1. The Morgan fingerprint density at radius 3 is 2.67 bits per heavy atom. The molecule has 0 amide bonds. The van der Waals surface area contributed by atoms with E-state index in [-0.39, 0.29) is 0 Å². The minimum atomic E-state index is 0.898. The fourth-order valence-corrected chi connectivity index (χ4v) is 2.81. The maximum Gasteiger partial charge on any atom is 0.133 e. The number of nitrogens with one attached hydrogen (secondary N) is 1. The summed E-state index contributed by atoms with van der Waals surface area (Å²) in [5, 5.41) is 3.40. The van der Waals surface area contributed by atoms with Crippen molar-refractivity contribution in [2.24, 2.45) is 0 Å². The van der Waals surface area contributed by atoms with E-state index in [0.717, 1.165) is 30.7 Å². The van der Waals surface area contributed by atoms with Crippen LogP contribution in [0.4, 0.5) is 5.82 Å². The molecule has 0 aliphatic carbocycles. The summed E-state index contributed by atoms with van der Waals surface area (Å²) in [6.07, 6.45) is 7.21. The van der Waals surface area contributed by atoms with Gasteiger partial charge in [-0.15, -0.1) is 0 Å². The van der Waals surface area contributed by atoms with E-state index in [1.54, 1.807) is 0 Å². The quantitative estimate of drug-likeness (QED) is 0.924. The van der Waals surface area contributed by atoms with E-state index in [0.29, 0.717) is 0 Å². The van der Waals surface area contributed by atoms with E-state index in [1.165, 1.54) is 37.1 Å². The second-order valence-corrected chi connectivity index (χ2v) is 5.73. The summed E-state index contributed by atoms with van der Waals surface area (Å²) in [7, 11) is 0. The van der Waals surface area contributed by atoms with E-state index in [4.69, 9.17) is 0 Å². The monoisotopic (exact) mass is 311 g/mol. The summed E-state index contributed by atoms with van der Waals surface area (Å²) in [4.78, 5) is 7.09. The maximum absolute atomic E-state index is 4.64. The Labute approximate surface area is 118 Å². The number of nitrogens with zero attached hydrogens (tertiary/aromatic N) is 2. The normalized spacial score (nSPS) is 16.7. The Kier molecular flexibility index (Phi) is 5.45. The molecule has 1 N–H and O–H groups in total. The molecule has 0 aromatic carbocycles. The summed E-state index contributed by atoms with van der Waals surface area (Å²) in [6.45, 7) is 6.32. The highest BCUT2D eigenvalue weighted by Gasteiger charge is 2.14. The molecule has 0 bridgehead atoms. The van der Waals surface area contributed by atoms with Gasteiger partial charge in [0.05, 0.1) is 0 Å². The van der Waals surface area contributed by atoms with Gasteiger partial charge in [0, 0.05) is 35.9 Å². The summed E-state index contributed by atoms with van der Waals surface area (Å²) in [6, 6.07) is 2.19. The molecule has 0 atom stereocenters. The first-order valence-corrected chi connectivity index (χ1v) is 7.70. The minimum absolute atomic E-state index is 0.898. The molecule has 2 heterocycles. The summed E-state index contributed by atoms with van der Waals surface area (Å²) >= 11 is 3.52. The number of hydrogen-bond donors (Lipinski definition) is 1. The Morgan fingerprint density at radius 1 is 1.28 bits per heavy atom. The predicted octanol–water partition coefficient (Wildman–Crippen LogP) is 3.33. The number of anilines is 1. The van der Waals surface area contributed by atoms with Gasteiger partial charge in [-0.2, -0.15) is 0 Å². The first-order valence-electron chi connectivity index (χ1n) is 6.91. The van der Waals surface area contributed by atoms with Gasteiger partial charge in [-0.05, 0) is 41.4 Å². The van der Waals surface area contributed by atoms with Gasteiger partial charge in [0.1, 0.15) is 5.82 Å². The number of halogens is 1. The van der Waals surface area contributed by atoms with E-state index >= 15 is 0 Å². The Balaban J connectivity index is 2.18. The number of hydrogen-bond acceptors (Lipinski definition) is 3. The molecule has 100 valence electrons. The van der Waals surface area contributed by atoms with Crippen LogP contribution in [-0.4, -0.2) is 24.6 Å². The van der Waals surface area contributed by atoms with Crippen molar-refractivity contribution in [2.75, 3.05) is 24.5 Å². The zero-order valence-corrected chi connectivity index (χ0v) is 12.7. The van der Waals surface area contributed by atoms with Crippen molar-refractivity contribution < 1.29 is 0 Å². The Morgan fingerprint density at radius 2 is 2.00 bits per heavy atom. The summed E-state index contributed by atoms with van der Waals surface area (Å²) < 4.78 is 1.06. The van der Waals surface area contributed by atoms with Crippen molar-refractivity contribution in [2.45, 2.75) is 39.2 Å². The lowest BCUT2D eigenvalue weighted by molar-refractivity contribution is 0.709. The van der Waals surface area contributed by atoms with E-state index < -0.39 is 0 Å². The molecule has 2 rings (SSSR count). The van der Waals surface area contributed by atoms with Crippen LogP contribution in [0.25, 0.3) is 0 Å². The van der Waals surface area contributed by atoms with Crippen LogP contribution in [0.2, 0.25) is 0 Å². The highest BCUT2D eigenvalue weighted by atomic mass is 79.9. The summed E-state index contributed by atoms with van der Waals surface area (Å²) in [5.74, 6) is 1.17. The van der Waals surface area contributed by atoms with E-state index in [1.807, 2.05) is 6.20 Å². The molecule has 4 heteroatoms.